The van der Waals surface area contributed by atoms with Crippen LogP contribution >= 0.6 is 11.8 Å². The minimum atomic E-state index is -1.19. The number of thioether (sulfide) groups is 1. The maximum absolute atomic E-state index is 14.4. The number of carbonyl (C=O) groups is 4. The molecular formula is C35H51N3O7S. The number of benzene rings is 2. The van der Waals surface area contributed by atoms with Crippen LogP contribution in [0.25, 0.3) is 0 Å². The predicted molar refractivity (Wildman–Crippen MR) is 182 cm³/mol. The highest BCUT2D eigenvalue weighted by Crippen LogP contribution is 2.28. The van der Waals surface area contributed by atoms with Crippen molar-refractivity contribution in [3.8, 4) is 5.75 Å². The van der Waals surface area contributed by atoms with Crippen LogP contribution in [0.5, 0.6) is 5.75 Å². The lowest BCUT2D eigenvalue weighted by Gasteiger charge is -2.35. The zero-order valence-electron chi connectivity index (χ0n) is 28.6. The number of rotatable bonds is 14. The smallest absolute Gasteiger partial charge is 0.408 e. The molecule has 0 saturated carbocycles. The molecule has 3 atom stereocenters. The number of phenolic OH excluding ortho intramolecular Hbond substituents is 1. The standard InChI is InChI=1S/C35H51N3O7S/c1-10-19-38(31(41)26(18-20-46-9)37-33(43)45-35(6,7)8)29(25-16-17-28(39)23(2)21-25)30(40)36-27(32(42)44-34(3,4)5)22-24-14-12-11-13-15-24/h11-17,21,26-27,29,39H,10,18-20,22H2,1-9H3,(H,36,40)(H,37,43). The molecule has 3 amide bonds. The van der Waals surface area contributed by atoms with Crippen LogP contribution in [0.3, 0.4) is 0 Å². The summed E-state index contributed by atoms with van der Waals surface area (Å²) in [7, 11) is 0. The highest BCUT2D eigenvalue weighted by molar-refractivity contribution is 7.98. The van der Waals surface area contributed by atoms with Crippen LogP contribution in [-0.2, 0) is 30.3 Å². The molecule has 0 bridgehead atoms. The first-order chi connectivity index (χ1) is 21.5. The lowest BCUT2D eigenvalue weighted by Crippen LogP contribution is -2.55. The van der Waals surface area contributed by atoms with E-state index in [1.165, 1.54) is 22.7 Å². The van der Waals surface area contributed by atoms with Crippen LogP contribution in [0.15, 0.2) is 48.5 Å². The van der Waals surface area contributed by atoms with Crippen molar-refractivity contribution in [2.75, 3.05) is 18.6 Å². The topological polar surface area (TPSA) is 134 Å². The van der Waals surface area contributed by atoms with Crippen molar-refractivity contribution in [3.63, 3.8) is 0 Å². The number of nitrogens with zero attached hydrogens (tertiary/aromatic N) is 1. The van der Waals surface area contributed by atoms with Gasteiger partial charge >= 0.3 is 12.1 Å². The second kappa shape index (κ2) is 17.3. The Morgan fingerprint density at radius 2 is 1.54 bits per heavy atom. The highest BCUT2D eigenvalue weighted by Gasteiger charge is 2.38. The van der Waals surface area contributed by atoms with E-state index >= 15 is 0 Å². The Morgan fingerprint density at radius 3 is 2.09 bits per heavy atom. The quantitative estimate of drug-likeness (QED) is 0.221. The summed E-state index contributed by atoms with van der Waals surface area (Å²) in [5.41, 5.74) is 0.195. The van der Waals surface area contributed by atoms with Crippen LogP contribution in [0.4, 0.5) is 4.79 Å². The summed E-state index contributed by atoms with van der Waals surface area (Å²) in [6, 6.07) is 10.7. The van der Waals surface area contributed by atoms with Crippen LogP contribution in [-0.4, -0.2) is 75.7 Å². The lowest BCUT2D eigenvalue weighted by molar-refractivity contribution is -0.159. The fourth-order valence-corrected chi connectivity index (χ4v) is 5.21. The van der Waals surface area contributed by atoms with Gasteiger partial charge in [0.05, 0.1) is 0 Å². The first-order valence-electron chi connectivity index (χ1n) is 15.6. The summed E-state index contributed by atoms with van der Waals surface area (Å²) < 4.78 is 11.1. The second-order valence-electron chi connectivity index (χ2n) is 13.2. The van der Waals surface area contributed by atoms with Crippen molar-refractivity contribution >= 4 is 35.6 Å². The summed E-state index contributed by atoms with van der Waals surface area (Å²) in [6.45, 7) is 14.2. The Labute approximate surface area is 278 Å². The van der Waals surface area contributed by atoms with Gasteiger partial charge in [0.15, 0.2) is 0 Å². The third kappa shape index (κ3) is 12.6. The number of esters is 1. The molecule has 3 unspecified atom stereocenters. The molecule has 2 rings (SSSR count). The number of hydrogen-bond acceptors (Lipinski definition) is 8. The number of nitrogens with one attached hydrogen (secondary N) is 2. The minimum absolute atomic E-state index is 0.0384. The number of phenols is 1. The molecule has 0 saturated heterocycles. The van der Waals surface area contributed by atoms with E-state index in [-0.39, 0.29) is 18.7 Å². The van der Waals surface area contributed by atoms with Crippen molar-refractivity contribution < 1.29 is 33.8 Å². The molecule has 2 aromatic carbocycles. The Hall–Kier alpha value is -3.73. The zero-order valence-corrected chi connectivity index (χ0v) is 29.5. The Balaban J connectivity index is 2.60. The number of ether oxygens (including phenoxy) is 2. The van der Waals surface area contributed by atoms with Crippen molar-refractivity contribution in [2.24, 2.45) is 0 Å². The molecule has 11 heteroatoms. The summed E-state index contributed by atoms with van der Waals surface area (Å²) in [5.74, 6) is -1.07. The Bertz CT molecular complexity index is 1320. The maximum atomic E-state index is 14.4. The zero-order chi connectivity index (χ0) is 34.7. The van der Waals surface area contributed by atoms with Gasteiger partial charge in [0, 0.05) is 13.0 Å². The van der Waals surface area contributed by atoms with E-state index in [9.17, 15) is 24.3 Å². The number of amides is 3. The third-order valence-electron chi connectivity index (χ3n) is 6.73. The number of hydrogen-bond donors (Lipinski definition) is 3. The van der Waals surface area contributed by atoms with Crippen LogP contribution in [0.2, 0.25) is 0 Å². The normalized spacial score (nSPS) is 13.6. The van der Waals surface area contributed by atoms with Crippen LogP contribution in [0, 0.1) is 6.92 Å². The number of aromatic hydroxyl groups is 1. The van der Waals surface area contributed by atoms with Crippen molar-refractivity contribution in [2.45, 2.75) is 104 Å². The third-order valence-corrected chi connectivity index (χ3v) is 7.38. The van der Waals surface area contributed by atoms with Crippen molar-refractivity contribution in [1.29, 1.82) is 0 Å². The molecule has 10 nitrogen and oxygen atoms in total. The predicted octanol–water partition coefficient (Wildman–Crippen LogP) is 5.70. The fourth-order valence-electron chi connectivity index (χ4n) is 4.74. The van der Waals surface area contributed by atoms with Crippen molar-refractivity contribution in [3.05, 3.63) is 65.2 Å². The molecule has 0 spiro atoms. The molecule has 46 heavy (non-hydrogen) atoms. The molecule has 0 aromatic heterocycles. The molecule has 0 fully saturated rings. The van der Waals surface area contributed by atoms with E-state index in [1.807, 2.05) is 43.5 Å². The molecule has 0 aliphatic carbocycles. The Morgan fingerprint density at radius 1 is 0.913 bits per heavy atom. The lowest BCUT2D eigenvalue weighted by atomic mass is 9.98. The number of alkyl carbamates (subject to hydrolysis) is 1. The summed E-state index contributed by atoms with van der Waals surface area (Å²) >= 11 is 1.52. The largest absolute Gasteiger partial charge is 0.508 e. The molecule has 2 aromatic rings. The van der Waals surface area contributed by atoms with Gasteiger partial charge in [0.25, 0.3) is 0 Å². The van der Waals surface area contributed by atoms with Gasteiger partial charge in [-0.05, 0) is 102 Å². The van der Waals surface area contributed by atoms with E-state index in [4.69, 9.17) is 9.47 Å². The Kier molecular flexibility index (Phi) is 14.4. The molecule has 0 heterocycles. The van der Waals surface area contributed by atoms with Gasteiger partial charge in [0.1, 0.15) is 35.1 Å². The average Bonchev–Trinajstić information content (AvgIpc) is 2.94. The van der Waals surface area contributed by atoms with Crippen molar-refractivity contribution in [1.82, 2.24) is 15.5 Å². The van der Waals surface area contributed by atoms with Gasteiger partial charge in [-0.1, -0.05) is 43.3 Å². The van der Waals surface area contributed by atoms with E-state index in [0.717, 1.165) is 5.56 Å². The first kappa shape index (κ1) is 38.5. The first-order valence-corrected chi connectivity index (χ1v) is 17.0. The summed E-state index contributed by atoms with van der Waals surface area (Å²) in [5, 5.41) is 15.9. The van der Waals surface area contributed by atoms with Gasteiger partial charge in [-0.15, -0.1) is 0 Å². The fraction of sp³-hybridized carbons (Fsp3) is 0.543. The molecule has 0 aliphatic heterocycles. The van der Waals surface area contributed by atoms with Crippen LogP contribution in [0.1, 0.15) is 84.0 Å². The van der Waals surface area contributed by atoms with E-state index < -0.39 is 53.2 Å². The highest BCUT2D eigenvalue weighted by atomic mass is 32.2. The minimum Gasteiger partial charge on any atom is -0.508 e. The number of aryl methyl sites for hydroxylation is 1. The number of carbonyl (C=O) groups excluding carboxylic acids is 4. The molecule has 0 aliphatic rings. The van der Waals surface area contributed by atoms with Gasteiger partial charge in [-0.3, -0.25) is 9.59 Å². The second-order valence-corrected chi connectivity index (χ2v) is 14.2. The van der Waals surface area contributed by atoms with Gasteiger partial charge in [-0.2, -0.15) is 11.8 Å². The molecular weight excluding hydrogens is 606 g/mol. The monoisotopic (exact) mass is 657 g/mol. The molecule has 254 valence electrons. The molecule has 0 radical (unpaired) electrons. The van der Waals surface area contributed by atoms with Gasteiger partial charge in [-0.25, -0.2) is 9.59 Å². The van der Waals surface area contributed by atoms with E-state index in [0.29, 0.717) is 29.7 Å². The van der Waals surface area contributed by atoms with Crippen LogP contribution < -0.4 is 10.6 Å². The van der Waals surface area contributed by atoms with Gasteiger partial charge in [0.2, 0.25) is 11.8 Å². The van der Waals surface area contributed by atoms with E-state index in [1.54, 1.807) is 60.6 Å². The van der Waals surface area contributed by atoms with Gasteiger partial charge < -0.3 is 30.1 Å². The summed E-state index contributed by atoms with van der Waals surface area (Å²) in [4.78, 5) is 56.4. The maximum Gasteiger partial charge on any atom is 0.408 e. The average molecular weight is 658 g/mol. The molecule has 3 N–H and O–H groups in total. The SMILES string of the molecule is CCCN(C(=O)C(CCSC)NC(=O)OC(C)(C)C)C(C(=O)NC(Cc1ccccc1)C(=O)OC(C)(C)C)c1ccc(O)c(C)c1. The summed E-state index contributed by atoms with van der Waals surface area (Å²) in [6.07, 6.45) is 2.14. The van der Waals surface area contributed by atoms with E-state index in [2.05, 4.69) is 10.6 Å².